The molecule has 1 heterocycles. The Hall–Kier alpha value is -2.50. The third-order valence-corrected chi connectivity index (χ3v) is 3.05. The van der Waals surface area contributed by atoms with Crippen molar-refractivity contribution in [1.82, 2.24) is 9.55 Å². The quantitative estimate of drug-likeness (QED) is 0.640. The van der Waals surface area contributed by atoms with Crippen molar-refractivity contribution >= 4 is 17.3 Å². The van der Waals surface area contributed by atoms with Crippen LogP contribution in [0, 0.1) is 6.92 Å². The number of hydrogen-bond donors (Lipinski definition) is 2. The fourth-order valence-electron chi connectivity index (χ4n) is 1.93. The first-order valence-corrected chi connectivity index (χ1v) is 6.30. The lowest BCUT2D eigenvalue weighted by atomic mass is 10.1. The molecule has 0 aliphatic rings. The van der Waals surface area contributed by atoms with Crippen molar-refractivity contribution in [2.24, 2.45) is 0 Å². The molecule has 0 aliphatic carbocycles. The van der Waals surface area contributed by atoms with E-state index >= 15 is 0 Å². The van der Waals surface area contributed by atoms with Crippen LogP contribution in [0.25, 0.3) is 0 Å². The zero-order valence-electron chi connectivity index (χ0n) is 11.6. The number of nitrogens with one attached hydrogen (secondary N) is 1. The number of benzene rings is 1. The second kappa shape index (κ2) is 6.10. The number of hydrogen-bond acceptors (Lipinski definition) is 5. The minimum Gasteiger partial charge on any atom is -0.465 e. The standard InChI is InChI=1S/C14H18N4O2/c1-10-7-11(8-12(13(10)15)14(19)20-2)17-4-6-18-5-3-16-9-18/h3,5,7-9,17H,4,6,15H2,1-2H3. The summed E-state index contributed by atoms with van der Waals surface area (Å²) in [5.74, 6) is -0.427. The number of nitrogens with zero attached hydrogens (tertiary/aromatic N) is 2. The molecular weight excluding hydrogens is 256 g/mol. The Balaban J connectivity index is 2.08. The lowest BCUT2D eigenvalue weighted by molar-refractivity contribution is 0.0602. The topological polar surface area (TPSA) is 82.2 Å². The van der Waals surface area contributed by atoms with Gasteiger partial charge < -0.3 is 20.4 Å². The zero-order chi connectivity index (χ0) is 14.5. The predicted molar refractivity (Wildman–Crippen MR) is 77.6 cm³/mol. The van der Waals surface area contributed by atoms with Crippen molar-refractivity contribution in [1.29, 1.82) is 0 Å². The van der Waals surface area contributed by atoms with Crippen molar-refractivity contribution < 1.29 is 9.53 Å². The van der Waals surface area contributed by atoms with E-state index in [1.165, 1.54) is 7.11 Å². The molecule has 0 unspecified atom stereocenters. The Kier molecular flexibility index (Phi) is 4.24. The summed E-state index contributed by atoms with van der Waals surface area (Å²) in [6, 6.07) is 3.62. The number of rotatable bonds is 5. The Morgan fingerprint density at radius 3 is 2.95 bits per heavy atom. The SMILES string of the molecule is COC(=O)c1cc(NCCn2ccnc2)cc(C)c1N. The van der Waals surface area contributed by atoms with E-state index in [0.29, 0.717) is 11.3 Å². The second-order valence-corrected chi connectivity index (χ2v) is 4.47. The van der Waals surface area contributed by atoms with Crippen molar-refractivity contribution in [2.75, 3.05) is 24.7 Å². The highest BCUT2D eigenvalue weighted by Crippen LogP contribution is 2.23. The molecular formula is C14H18N4O2. The molecule has 1 aromatic heterocycles. The Morgan fingerprint density at radius 2 is 2.30 bits per heavy atom. The molecule has 1 aromatic carbocycles. The van der Waals surface area contributed by atoms with Gasteiger partial charge in [0.2, 0.25) is 0 Å². The summed E-state index contributed by atoms with van der Waals surface area (Å²) < 4.78 is 6.70. The molecule has 0 bridgehead atoms. The molecule has 6 heteroatoms. The molecule has 3 N–H and O–H groups in total. The predicted octanol–water partition coefficient (Wildman–Crippen LogP) is 1.67. The molecule has 0 radical (unpaired) electrons. The number of imidazole rings is 1. The summed E-state index contributed by atoms with van der Waals surface area (Å²) >= 11 is 0. The van der Waals surface area contributed by atoms with Gasteiger partial charge in [0.15, 0.2) is 0 Å². The van der Waals surface area contributed by atoms with Gasteiger partial charge in [-0.2, -0.15) is 0 Å². The van der Waals surface area contributed by atoms with E-state index < -0.39 is 5.97 Å². The number of nitrogen functional groups attached to an aromatic ring is 1. The fourth-order valence-corrected chi connectivity index (χ4v) is 1.93. The van der Waals surface area contributed by atoms with E-state index in [0.717, 1.165) is 24.3 Å². The first-order valence-electron chi connectivity index (χ1n) is 6.30. The first kappa shape index (κ1) is 13.9. The van der Waals surface area contributed by atoms with E-state index in [9.17, 15) is 4.79 Å². The molecule has 20 heavy (non-hydrogen) atoms. The highest BCUT2D eigenvalue weighted by molar-refractivity contribution is 5.97. The molecule has 0 amide bonds. The number of nitrogens with two attached hydrogens (primary N) is 1. The highest BCUT2D eigenvalue weighted by Gasteiger charge is 2.13. The Bertz CT molecular complexity index is 593. The van der Waals surface area contributed by atoms with Crippen molar-refractivity contribution in [2.45, 2.75) is 13.5 Å². The van der Waals surface area contributed by atoms with E-state index in [-0.39, 0.29) is 0 Å². The molecule has 2 rings (SSSR count). The smallest absolute Gasteiger partial charge is 0.340 e. The van der Waals surface area contributed by atoms with Crippen molar-refractivity contribution in [3.05, 3.63) is 42.0 Å². The Morgan fingerprint density at radius 1 is 1.50 bits per heavy atom. The summed E-state index contributed by atoms with van der Waals surface area (Å²) in [5.41, 5.74) is 8.43. The average molecular weight is 274 g/mol. The molecule has 0 spiro atoms. The van der Waals surface area contributed by atoms with Crippen molar-refractivity contribution in [3.8, 4) is 0 Å². The minimum absolute atomic E-state index is 0.387. The van der Waals surface area contributed by atoms with Gasteiger partial charge in [0.05, 0.1) is 19.0 Å². The molecule has 0 saturated carbocycles. The first-order chi connectivity index (χ1) is 9.61. The number of ether oxygens (including phenoxy) is 1. The fraction of sp³-hybridized carbons (Fsp3) is 0.286. The zero-order valence-corrected chi connectivity index (χ0v) is 11.6. The van der Waals surface area contributed by atoms with Gasteiger partial charge in [-0.25, -0.2) is 9.78 Å². The Labute approximate surface area is 117 Å². The minimum atomic E-state index is -0.427. The molecule has 0 aliphatic heterocycles. The van der Waals surface area contributed by atoms with Gasteiger partial charge in [0, 0.05) is 36.9 Å². The molecule has 0 saturated heterocycles. The van der Waals surface area contributed by atoms with E-state index in [2.05, 4.69) is 10.3 Å². The van der Waals surface area contributed by atoms with Crippen LogP contribution in [-0.2, 0) is 11.3 Å². The number of aryl methyl sites for hydroxylation is 1. The molecule has 0 atom stereocenters. The third kappa shape index (κ3) is 3.09. The van der Waals surface area contributed by atoms with Gasteiger partial charge in [-0.05, 0) is 24.6 Å². The molecule has 6 nitrogen and oxygen atoms in total. The summed E-state index contributed by atoms with van der Waals surface area (Å²) in [7, 11) is 1.34. The molecule has 106 valence electrons. The lowest BCUT2D eigenvalue weighted by Gasteiger charge is -2.12. The van der Waals surface area contributed by atoms with Crippen LogP contribution in [-0.4, -0.2) is 29.2 Å². The number of aromatic nitrogens is 2. The summed E-state index contributed by atoms with van der Waals surface area (Å²) in [6.45, 7) is 3.38. The maximum absolute atomic E-state index is 11.7. The number of esters is 1. The van der Waals surface area contributed by atoms with Crippen LogP contribution < -0.4 is 11.1 Å². The largest absolute Gasteiger partial charge is 0.465 e. The van der Waals surface area contributed by atoms with Gasteiger partial charge in [0.1, 0.15) is 0 Å². The van der Waals surface area contributed by atoms with E-state index in [4.69, 9.17) is 10.5 Å². The number of anilines is 2. The summed E-state index contributed by atoms with van der Waals surface area (Å²) in [6.07, 6.45) is 5.40. The monoisotopic (exact) mass is 274 g/mol. The summed E-state index contributed by atoms with van der Waals surface area (Å²) in [5, 5.41) is 3.26. The van der Waals surface area contributed by atoms with E-state index in [1.54, 1.807) is 18.6 Å². The maximum Gasteiger partial charge on any atom is 0.340 e. The van der Waals surface area contributed by atoms with Crippen LogP contribution in [0.4, 0.5) is 11.4 Å². The average Bonchev–Trinajstić information content (AvgIpc) is 2.95. The van der Waals surface area contributed by atoms with Gasteiger partial charge in [0.25, 0.3) is 0 Å². The third-order valence-electron chi connectivity index (χ3n) is 3.05. The van der Waals surface area contributed by atoms with Crippen LogP contribution >= 0.6 is 0 Å². The van der Waals surface area contributed by atoms with Gasteiger partial charge >= 0.3 is 5.97 Å². The van der Waals surface area contributed by atoms with Crippen LogP contribution in [0.5, 0.6) is 0 Å². The number of carbonyl (C=O) groups excluding carboxylic acids is 1. The van der Waals surface area contributed by atoms with Crippen LogP contribution in [0.15, 0.2) is 30.9 Å². The van der Waals surface area contributed by atoms with Gasteiger partial charge in [-0.3, -0.25) is 0 Å². The summed E-state index contributed by atoms with van der Waals surface area (Å²) in [4.78, 5) is 15.6. The van der Waals surface area contributed by atoms with Gasteiger partial charge in [-0.15, -0.1) is 0 Å². The van der Waals surface area contributed by atoms with Crippen LogP contribution in [0.3, 0.4) is 0 Å². The number of methoxy groups -OCH3 is 1. The molecule has 2 aromatic rings. The normalized spacial score (nSPS) is 10.3. The number of carbonyl (C=O) groups is 1. The van der Waals surface area contributed by atoms with Crippen LogP contribution in [0.1, 0.15) is 15.9 Å². The second-order valence-electron chi connectivity index (χ2n) is 4.47. The van der Waals surface area contributed by atoms with Crippen LogP contribution in [0.2, 0.25) is 0 Å². The maximum atomic E-state index is 11.7. The van der Waals surface area contributed by atoms with E-state index in [1.807, 2.05) is 23.8 Å². The lowest BCUT2D eigenvalue weighted by Crippen LogP contribution is -2.12. The van der Waals surface area contributed by atoms with Crippen molar-refractivity contribution in [3.63, 3.8) is 0 Å². The molecule has 0 fully saturated rings. The highest BCUT2D eigenvalue weighted by atomic mass is 16.5. The van der Waals surface area contributed by atoms with Gasteiger partial charge in [-0.1, -0.05) is 0 Å².